The van der Waals surface area contributed by atoms with E-state index in [0.29, 0.717) is 6.42 Å². The summed E-state index contributed by atoms with van der Waals surface area (Å²) in [5.41, 5.74) is 5.52. The van der Waals surface area contributed by atoms with Gasteiger partial charge >= 0.3 is 0 Å². The molecule has 0 fully saturated rings. The highest BCUT2D eigenvalue weighted by atomic mass is 16.5. The normalized spacial score (nSPS) is 14.6. The maximum atomic E-state index is 10.4. The number of benzene rings is 1. The van der Waals surface area contributed by atoms with E-state index in [4.69, 9.17) is 4.74 Å². The van der Waals surface area contributed by atoms with Gasteiger partial charge in [0, 0.05) is 12.6 Å². The number of nitrogens with zero attached hydrogens (tertiary/aromatic N) is 1. The number of aliphatic hydroxyl groups excluding tert-OH is 1. The minimum absolute atomic E-state index is 0.505. The van der Waals surface area contributed by atoms with E-state index in [1.165, 1.54) is 11.1 Å². The second-order valence-electron chi connectivity index (χ2n) is 5.81. The molecule has 0 saturated heterocycles. The highest BCUT2D eigenvalue weighted by molar-refractivity contribution is 5.39. The molecule has 1 unspecified atom stereocenters. The summed E-state index contributed by atoms with van der Waals surface area (Å²) < 4.78 is 5.52. The standard InChI is InChI=1S/C18H21NO2/c1-12-9-13(2)18(19-11-12)16(20)5-3-14-4-6-17-15(10-14)7-8-21-17/h4,6,9-11,16,20H,3,5,7-8H2,1-2H3. The largest absolute Gasteiger partial charge is 0.493 e. The zero-order chi connectivity index (χ0) is 14.8. The number of aromatic nitrogens is 1. The first-order chi connectivity index (χ1) is 10.1. The number of rotatable bonds is 4. The van der Waals surface area contributed by atoms with Gasteiger partial charge < -0.3 is 9.84 Å². The van der Waals surface area contributed by atoms with E-state index < -0.39 is 6.10 Å². The van der Waals surface area contributed by atoms with E-state index >= 15 is 0 Å². The molecule has 3 heteroatoms. The van der Waals surface area contributed by atoms with E-state index in [1.807, 2.05) is 26.1 Å². The first-order valence-electron chi connectivity index (χ1n) is 7.49. The number of aliphatic hydroxyl groups is 1. The van der Waals surface area contributed by atoms with Crippen LogP contribution in [0.3, 0.4) is 0 Å². The zero-order valence-corrected chi connectivity index (χ0v) is 12.6. The Balaban J connectivity index is 1.67. The lowest BCUT2D eigenvalue weighted by molar-refractivity contribution is 0.162. The molecule has 1 aromatic carbocycles. The summed E-state index contributed by atoms with van der Waals surface area (Å²) in [4.78, 5) is 4.38. The fraction of sp³-hybridized carbons (Fsp3) is 0.389. The Kier molecular flexibility index (Phi) is 3.93. The van der Waals surface area contributed by atoms with Gasteiger partial charge in [-0.15, -0.1) is 0 Å². The van der Waals surface area contributed by atoms with Gasteiger partial charge in [0.25, 0.3) is 0 Å². The van der Waals surface area contributed by atoms with Crippen LogP contribution in [0.4, 0.5) is 0 Å². The summed E-state index contributed by atoms with van der Waals surface area (Å²) in [5, 5.41) is 10.4. The van der Waals surface area contributed by atoms with Gasteiger partial charge in [0.1, 0.15) is 5.75 Å². The lowest BCUT2D eigenvalue weighted by Crippen LogP contribution is -2.05. The van der Waals surface area contributed by atoms with Gasteiger partial charge in [0.05, 0.1) is 18.4 Å². The molecular weight excluding hydrogens is 262 g/mol. The van der Waals surface area contributed by atoms with Gasteiger partial charge in [-0.05, 0) is 55.0 Å². The molecule has 0 spiro atoms. The Hall–Kier alpha value is -1.87. The molecule has 3 rings (SSSR count). The average Bonchev–Trinajstić information content (AvgIpc) is 2.92. The lowest BCUT2D eigenvalue weighted by Gasteiger charge is -2.13. The van der Waals surface area contributed by atoms with Gasteiger partial charge in [0.2, 0.25) is 0 Å². The molecule has 2 aromatic rings. The summed E-state index contributed by atoms with van der Waals surface area (Å²) in [6, 6.07) is 8.40. The van der Waals surface area contributed by atoms with Crippen LogP contribution in [0.5, 0.6) is 5.75 Å². The van der Waals surface area contributed by atoms with Gasteiger partial charge in [-0.25, -0.2) is 0 Å². The van der Waals surface area contributed by atoms with Gasteiger partial charge in [-0.3, -0.25) is 4.98 Å². The van der Waals surface area contributed by atoms with Crippen LogP contribution in [0.25, 0.3) is 0 Å². The molecule has 1 aliphatic heterocycles. The van der Waals surface area contributed by atoms with Crippen LogP contribution in [0, 0.1) is 13.8 Å². The summed E-state index contributed by atoms with van der Waals surface area (Å²) in [7, 11) is 0. The summed E-state index contributed by atoms with van der Waals surface area (Å²) in [5.74, 6) is 1.01. The van der Waals surface area contributed by atoms with E-state index in [-0.39, 0.29) is 0 Å². The Bertz CT molecular complexity index is 652. The summed E-state index contributed by atoms with van der Waals surface area (Å²) >= 11 is 0. The van der Waals surface area contributed by atoms with Crippen molar-refractivity contribution in [1.82, 2.24) is 4.98 Å². The van der Waals surface area contributed by atoms with Crippen LogP contribution in [-0.2, 0) is 12.8 Å². The minimum Gasteiger partial charge on any atom is -0.493 e. The van der Waals surface area contributed by atoms with Gasteiger partial charge in [0.15, 0.2) is 0 Å². The average molecular weight is 283 g/mol. The summed E-state index contributed by atoms with van der Waals surface area (Å²) in [6.07, 6.45) is 3.85. The van der Waals surface area contributed by atoms with Crippen molar-refractivity contribution in [2.75, 3.05) is 6.61 Å². The monoisotopic (exact) mass is 283 g/mol. The molecule has 0 bridgehead atoms. The molecule has 1 N–H and O–H groups in total. The Labute approximate surface area is 125 Å². The molecule has 0 radical (unpaired) electrons. The van der Waals surface area contributed by atoms with Crippen molar-refractivity contribution in [3.8, 4) is 5.75 Å². The van der Waals surface area contributed by atoms with E-state index in [0.717, 1.165) is 42.0 Å². The van der Waals surface area contributed by atoms with E-state index in [9.17, 15) is 5.11 Å². The van der Waals surface area contributed by atoms with Crippen molar-refractivity contribution in [2.24, 2.45) is 0 Å². The van der Waals surface area contributed by atoms with Crippen LogP contribution in [0.15, 0.2) is 30.5 Å². The van der Waals surface area contributed by atoms with Crippen LogP contribution >= 0.6 is 0 Å². The predicted octanol–water partition coefficient (Wildman–Crippen LogP) is 3.30. The number of aryl methyl sites for hydroxylation is 3. The number of hydrogen-bond acceptors (Lipinski definition) is 3. The second kappa shape index (κ2) is 5.86. The molecule has 2 heterocycles. The topological polar surface area (TPSA) is 42.4 Å². The molecule has 3 nitrogen and oxygen atoms in total. The maximum absolute atomic E-state index is 10.4. The number of hydrogen-bond donors (Lipinski definition) is 1. The lowest BCUT2D eigenvalue weighted by atomic mass is 10.00. The number of fused-ring (bicyclic) bond motifs is 1. The third-order valence-electron chi connectivity index (χ3n) is 4.03. The van der Waals surface area contributed by atoms with Crippen molar-refractivity contribution < 1.29 is 9.84 Å². The third kappa shape index (κ3) is 3.08. The molecule has 0 amide bonds. The van der Waals surface area contributed by atoms with Crippen molar-refractivity contribution in [1.29, 1.82) is 0 Å². The Morgan fingerprint density at radius 1 is 1.29 bits per heavy atom. The first kappa shape index (κ1) is 14.1. The second-order valence-corrected chi connectivity index (χ2v) is 5.81. The smallest absolute Gasteiger partial charge is 0.122 e. The zero-order valence-electron chi connectivity index (χ0n) is 12.6. The fourth-order valence-corrected chi connectivity index (χ4v) is 2.91. The Morgan fingerprint density at radius 3 is 2.95 bits per heavy atom. The van der Waals surface area contributed by atoms with Gasteiger partial charge in [-0.1, -0.05) is 18.2 Å². The quantitative estimate of drug-likeness (QED) is 0.936. The fourth-order valence-electron chi connectivity index (χ4n) is 2.91. The molecule has 0 saturated carbocycles. The molecule has 110 valence electrons. The predicted molar refractivity (Wildman–Crippen MR) is 82.6 cm³/mol. The molecular formula is C18H21NO2. The molecule has 1 aromatic heterocycles. The minimum atomic E-state index is -0.505. The maximum Gasteiger partial charge on any atom is 0.122 e. The van der Waals surface area contributed by atoms with Crippen molar-refractivity contribution in [3.63, 3.8) is 0 Å². The highest BCUT2D eigenvalue weighted by Crippen LogP contribution is 2.27. The molecule has 1 aliphatic rings. The van der Waals surface area contributed by atoms with Crippen LogP contribution in [0.1, 0.15) is 40.5 Å². The van der Waals surface area contributed by atoms with E-state index in [1.54, 1.807) is 0 Å². The van der Waals surface area contributed by atoms with Crippen LogP contribution < -0.4 is 4.74 Å². The van der Waals surface area contributed by atoms with Crippen molar-refractivity contribution in [2.45, 2.75) is 39.2 Å². The van der Waals surface area contributed by atoms with Gasteiger partial charge in [-0.2, -0.15) is 0 Å². The number of pyridine rings is 1. The van der Waals surface area contributed by atoms with Crippen molar-refractivity contribution in [3.05, 3.63) is 58.4 Å². The first-order valence-corrected chi connectivity index (χ1v) is 7.49. The summed E-state index contributed by atoms with van der Waals surface area (Å²) in [6.45, 7) is 4.81. The SMILES string of the molecule is Cc1cnc(C(O)CCc2ccc3c(c2)CCO3)c(C)c1. The molecule has 1 atom stereocenters. The number of ether oxygens (including phenoxy) is 1. The van der Waals surface area contributed by atoms with Crippen LogP contribution in [-0.4, -0.2) is 16.7 Å². The molecule has 21 heavy (non-hydrogen) atoms. The Morgan fingerprint density at radius 2 is 2.14 bits per heavy atom. The molecule has 0 aliphatic carbocycles. The van der Waals surface area contributed by atoms with E-state index in [2.05, 4.69) is 23.2 Å². The highest BCUT2D eigenvalue weighted by Gasteiger charge is 2.15. The third-order valence-corrected chi connectivity index (χ3v) is 4.03. The van der Waals surface area contributed by atoms with Crippen molar-refractivity contribution >= 4 is 0 Å². The van der Waals surface area contributed by atoms with Crippen LogP contribution in [0.2, 0.25) is 0 Å².